The highest BCUT2D eigenvalue weighted by Crippen LogP contribution is 2.02. The molecule has 0 heterocycles. The summed E-state index contributed by atoms with van der Waals surface area (Å²) in [6.07, 6.45) is 1.10. The minimum atomic E-state index is 0.0419. The van der Waals surface area contributed by atoms with E-state index in [0.717, 1.165) is 6.42 Å². The van der Waals surface area contributed by atoms with Crippen molar-refractivity contribution in [2.75, 3.05) is 6.61 Å². The van der Waals surface area contributed by atoms with Crippen LogP contribution >= 0.6 is 0 Å². The van der Waals surface area contributed by atoms with E-state index in [9.17, 15) is 4.79 Å². The van der Waals surface area contributed by atoms with Gasteiger partial charge in [0.2, 0.25) is 0 Å². The normalized spacial score (nSPS) is 13.1. The summed E-state index contributed by atoms with van der Waals surface area (Å²) in [5.41, 5.74) is 0. The van der Waals surface area contributed by atoms with E-state index in [-0.39, 0.29) is 12.2 Å². The van der Waals surface area contributed by atoms with Crippen LogP contribution in [0, 0.1) is 0 Å². The zero-order valence-corrected chi connectivity index (χ0v) is 7.37. The summed E-state index contributed by atoms with van der Waals surface area (Å²) in [4.78, 5) is 9.83. The first-order valence-electron chi connectivity index (χ1n) is 3.91. The molecule has 3 heteroatoms. The second-order valence-corrected chi connectivity index (χ2v) is 2.64. The molecular formula is C8H16O3. The van der Waals surface area contributed by atoms with Crippen LogP contribution in [-0.2, 0) is 14.3 Å². The highest BCUT2D eigenvalue weighted by Gasteiger charge is 2.08. The predicted molar refractivity (Wildman–Crippen MR) is 42.3 cm³/mol. The summed E-state index contributed by atoms with van der Waals surface area (Å²) >= 11 is 0. The van der Waals surface area contributed by atoms with E-state index in [4.69, 9.17) is 4.74 Å². The summed E-state index contributed by atoms with van der Waals surface area (Å²) < 4.78 is 10.00. The van der Waals surface area contributed by atoms with Crippen LogP contribution in [0.2, 0.25) is 0 Å². The number of ether oxygens (including phenoxy) is 2. The molecule has 0 bridgehead atoms. The first-order valence-corrected chi connectivity index (χ1v) is 3.91. The van der Waals surface area contributed by atoms with Crippen LogP contribution < -0.4 is 0 Å². The van der Waals surface area contributed by atoms with E-state index in [1.165, 1.54) is 0 Å². The molecule has 0 radical (unpaired) electrons. The SMILES string of the molecule is CCC(COC=O)OC(C)C. The number of hydrogen-bond acceptors (Lipinski definition) is 3. The zero-order valence-electron chi connectivity index (χ0n) is 7.37. The fourth-order valence-electron chi connectivity index (χ4n) is 0.785. The molecule has 66 valence electrons. The van der Waals surface area contributed by atoms with Crippen molar-refractivity contribution in [1.29, 1.82) is 0 Å². The van der Waals surface area contributed by atoms with Crippen molar-refractivity contribution in [2.24, 2.45) is 0 Å². The first-order chi connectivity index (χ1) is 5.20. The van der Waals surface area contributed by atoms with Gasteiger partial charge in [-0.05, 0) is 20.3 Å². The van der Waals surface area contributed by atoms with Gasteiger partial charge in [0, 0.05) is 0 Å². The molecule has 0 aromatic rings. The van der Waals surface area contributed by atoms with Gasteiger partial charge in [-0.3, -0.25) is 4.79 Å². The highest BCUT2D eigenvalue weighted by atomic mass is 16.6. The Morgan fingerprint density at radius 1 is 1.45 bits per heavy atom. The molecule has 0 saturated heterocycles. The molecule has 0 saturated carbocycles. The topological polar surface area (TPSA) is 35.5 Å². The van der Waals surface area contributed by atoms with Gasteiger partial charge in [0.25, 0.3) is 6.47 Å². The molecule has 0 amide bonds. The van der Waals surface area contributed by atoms with E-state index in [1.807, 2.05) is 20.8 Å². The summed E-state index contributed by atoms with van der Waals surface area (Å²) in [7, 11) is 0. The Labute approximate surface area is 67.7 Å². The average Bonchev–Trinajstić information content (AvgIpc) is 1.97. The highest BCUT2D eigenvalue weighted by molar-refractivity contribution is 5.36. The fraction of sp³-hybridized carbons (Fsp3) is 0.875. The molecule has 1 unspecified atom stereocenters. The number of rotatable bonds is 6. The molecular weight excluding hydrogens is 144 g/mol. The minimum absolute atomic E-state index is 0.0419. The quantitative estimate of drug-likeness (QED) is 0.550. The van der Waals surface area contributed by atoms with Crippen LogP contribution in [0.5, 0.6) is 0 Å². The van der Waals surface area contributed by atoms with E-state index in [0.29, 0.717) is 13.1 Å². The van der Waals surface area contributed by atoms with E-state index in [2.05, 4.69) is 4.74 Å². The van der Waals surface area contributed by atoms with Crippen LogP contribution in [0.15, 0.2) is 0 Å². The lowest BCUT2D eigenvalue weighted by atomic mass is 10.3. The maximum absolute atomic E-state index is 9.83. The molecule has 1 atom stereocenters. The number of hydrogen-bond donors (Lipinski definition) is 0. The molecule has 0 aliphatic heterocycles. The van der Waals surface area contributed by atoms with Gasteiger partial charge in [0.15, 0.2) is 0 Å². The standard InChI is InChI=1S/C8H16O3/c1-4-8(5-10-6-9)11-7(2)3/h6-8H,4-5H2,1-3H3. The van der Waals surface area contributed by atoms with Crippen molar-refractivity contribution in [3.8, 4) is 0 Å². The molecule has 11 heavy (non-hydrogen) atoms. The molecule has 0 fully saturated rings. The van der Waals surface area contributed by atoms with Crippen molar-refractivity contribution in [1.82, 2.24) is 0 Å². The monoisotopic (exact) mass is 160 g/mol. The van der Waals surface area contributed by atoms with Crippen LogP contribution in [0.4, 0.5) is 0 Å². The van der Waals surface area contributed by atoms with Gasteiger partial charge in [-0.1, -0.05) is 6.92 Å². The second-order valence-electron chi connectivity index (χ2n) is 2.64. The van der Waals surface area contributed by atoms with E-state index in [1.54, 1.807) is 0 Å². The first kappa shape index (κ1) is 10.4. The maximum atomic E-state index is 9.83. The van der Waals surface area contributed by atoms with Crippen LogP contribution in [0.1, 0.15) is 27.2 Å². The summed E-state index contributed by atoms with van der Waals surface area (Å²) in [6.45, 7) is 6.73. The van der Waals surface area contributed by atoms with Crippen molar-refractivity contribution >= 4 is 6.47 Å². The lowest BCUT2D eigenvalue weighted by Gasteiger charge is -2.17. The van der Waals surface area contributed by atoms with Crippen molar-refractivity contribution < 1.29 is 14.3 Å². The second kappa shape index (κ2) is 6.16. The molecule has 0 aliphatic rings. The van der Waals surface area contributed by atoms with Crippen LogP contribution in [0.3, 0.4) is 0 Å². The lowest BCUT2D eigenvalue weighted by molar-refractivity contribution is -0.134. The Morgan fingerprint density at radius 3 is 2.45 bits per heavy atom. The summed E-state index contributed by atoms with van der Waals surface area (Å²) in [6, 6.07) is 0. The number of carbonyl (C=O) groups excluding carboxylic acids is 1. The van der Waals surface area contributed by atoms with Crippen molar-refractivity contribution in [2.45, 2.75) is 39.4 Å². The third-order valence-electron chi connectivity index (χ3n) is 1.27. The van der Waals surface area contributed by atoms with Gasteiger partial charge >= 0.3 is 0 Å². The summed E-state index contributed by atoms with van der Waals surface area (Å²) in [5.74, 6) is 0. The van der Waals surface area contributed by atoms with Crippen molar-refractivity contribution in [3.63, 3.8) is 0 Å². The Morgan fingerprint density at radius 2 is 2.09 bits per heavy atom. The Kier molecular flexibility index (Phi) is 5.84. The molecule has 0 N–H and O–H groups in total. The van der Waals surface area contributed by atoms with Gasteiger partial charge in [-0.25, -0.2) is 0 Å². The average molecular weight is 160 g/mol. The van der Waals surface area contributed by atoms with Crippen LogP contribution in [0.25, 0.3) is 0 Å². The van der Waals surface area contributed by atoms with Gasteiger partial charge < -0.3 is 9.47 Å². The number of carbonyl (C=O) groups is 1. The van der Waals surface area contributed by atoms with Crippen molar-refractivity contribution in [3.05, 3.63) is 0 Å². The molecule has 0 aromatic heterocycles. The van der Waals surface area contributed by atoms with E-state index >= 15 is 0 Å². The predicted octanol–water partition coefficient (Wildman–Crippen LogP) is 1.36. The third-order valence-corrected chi connectivity index (χ3v) is 1.27. The Bertz CT molecular complexity index is 102. The molecule has 0 rings (SSSR count). The minimum Gasteiger partial charge on any atom is -0.465 e. The van der Waals surface area contributed by atoms with Gasteiger partial charge in [0.1, 0.15) is 6.61 Å². The Balaban J connectivity index is 3.48. The molecule has 0 aromatic carbocycles. The van der Waals surface area contributed by atoms with Gasteiger partial charge in [-0.15, -0.1) is 0 Å². The molecule has 0 spiro atoms. The van der Waals surface area contributed by atoms with Gasteiger partial charge in [-0.2, -0.15) is 0 Å². The fourth-order valence-corrected chi connectivity index (χ4v) is 0.785. The zero-order chi connectivity index (χ0) is 8.69. The Hall–Kier alpha value is -0.570. The lowest BCUT2D eigenvalue weighted by Crippen LogP contribution is -2.22. The van der Waals surface area contributed by atoms with Crippen LogP contribution in [-0.4, -0.2) is 25.3 Å². The molecule has 3 nitrogen and oxygen atoms in total. The van der Waals surface area contributed by atoms with E-state index < -0.39 is 0 Å². The largest absolute Gasteiger partial charge is 0.465 e. The smallest absolute Gasteiger partial charge is 0.293 e. The summed E-state index contributed by atoms with van der Waals surface area (Å²) in [5, 5.41) is 0. The molecule has 0 aliphatic carbocycles. The van der Waals surface area contributed by atoms with Gasteiger partial charge in [0.05, 0.1) is 12.2 Å². The maximum Gasteiger partial charge on any atom is 0.293 e. The third kappa shape index (κ3) is 5.85.